The summed E-state index contributed by atoms with van der Waals surface area (Å²) in [5.41, 5.74) is 1.69. The van der Waals surface area contributed by atoms with E-state index in [4.69, 9.17) is 14.4 Å². The molecule has 1 fully saturated rings. The quantitative estimate of drug-likeness (QED) is 0.914. The predicted molar refractivity (Wildman–Crippen MR) is 79.6 cm³/mol. The van der Waals surface area contributed by atoms with Crippen molar-refractivity contribution in [1.29, 1.82) is 0 Å². The van der Waals surface area contributed by atoms with Crippen LogP contribution in [0.5, 0.6) is 0 Å². The summed E-state index contributed by atoms with van der Waals surface area (Å²) in [6, 6.07) is 7.27. The first-order valence-electron chi connectivity index (χ1n) is 6.48. The molecule has 2 heterocycles. The van der Waals surface area contributed by atoms with Crippen LogP contribution in [0.3, 0.4) is 0 Å². The van der Waals surface area contributed by atoms with Gasteiger partial charge in [-0.2, -0.15) is 0 Å². The first-order valence-corrected chi connectivity index (χ1v) is 7.27. The molecule has 1 aromatic heterocycles. The van der Waals surface area contributed by atoms with E-state index in [9.17, 15) is 4.79 Å². The second kappa shape index (κ2) is 5.87. The number of ether oxygens (including phenoxy) is 1. The number of carbonyl (C=O) groups is 1. The normalized spacial score (nSPS) is 15.2. The molecule has 1 aliphatic heterocycles. The molecule has 0 amide bonds. The summed E-state index contributed by atoms with van der Waals surface area (Å²) in [7, 11) is 0. The maximum atomic E-state index is 10.9. The number of benzene rings is 1. The molecule has 0 aliphatic carbocycles. The average Bonchev–Trinajstić information content (AvgIpc) is 2.98. The number of hydrogen-bond donors (Lipinski definition) is 1. The Bertz CT molecular complexity index is 665. The molecule has 1 aromatic carbocycles. The van der Waals surface area contributed by atoms with Gasteiger partial charge >= 0.3 is 5.97 Å². The van der Waals surface area contributed by atoms with E-state index in [1.165, 1.54) is 6.07 Å². The summed E-state index contributed by atoms with van der Waals surface area (Å²) in [6.45, 7) is 2.92. The second-order valence-corrected chi connectivity index (χ2v) is 5.56. The van der Waals surface area contributed by atoms with E-state index < -0.39 is 5.97 Å². The lowest BCUT2D eigenvalue weighted by atomic mass is 10.1. The summed E-state index contributed by atoms with van der Waals surface area (Å²) < 4.78 is 11.4. The van der Waals surface area contributed by atoms with Crippen molar-refractivity contribution in [3.63, 3.8) is 0 Å². The van der Waals surface area contributed by atoms with Gasteiger partial charge in [-0.05, 0) is 18.2 Å². The Morgan fingerprint density at radius 2 is 2.05 bits per heavy atom. The van der Waals surface area contributed by atoms with Crippen LogP contribution in [0.4, 0.5) is 5.69 Å². The van der Waals surface area contributed by atoms with Crippen LogP contribution in [0.15, 0.2) is 33.3 Å². The standard InChI is InChI=1S/C14H13BrN2O4/c15-9-1-2-12(17-3-5-20-6-4-17)10(7-9)13-8-11(14(18)19)16-21-13/h1-2,7-8H,3-6H2,(H,18,19). The molecule has 21 heavy (non-hydrogen) atoms. The Balaban J connectivity index is 2.02. The number of hydrogen-bond acceptors (Lipinski definition) is 5. The summed E-state index contributed by atoms with van der Waals surface area (Å²) in [4.78, 5) is 13.1. The Labute approximate surface area is 129 Å². The lowest BCUT2D eigenvalue weighted by molar-refractivity contribution is 0.0686. The van der Waals surface area contributed by atoms with Crippen LogP contribution < -0.4 is 4.90 Å². The van der Waals surface area contributed by atoms with E-state index in [0.717, 1.165) is 28.8 Å². The molecule has 0 spiro atoms. The molecule has 1 N–H and O–H groups in total. The Morgan fingerprint density at radius 3 is 2.71 bits per heavy atom. The van der Waals surface area contributed by atoms with Crippen molar-refractivity contribution < 1.29 is 19.2 Å². The zero-order valence-electron chi connectivity index (χ0n) is 11.1. The fraction of sp³-hybridized carbons (Fsp3) is 0.286. The van der Waals surface area contributed by atoms with E-state index in [1.54, 1.807) is 0 Å². The van der Waals surface area contributed by atoms with Crippen LogP contribution in [0.1, 0.15) is 10.5 Å². The Hall–Kier alpha value is -1.86. The van der Waals surface area contributed by atoms with Gasteiger partial charge in [-0.15, -0.1) is 0 Å². The fourth-order valence-corrected chi connectivity index (χ4v) is 2.65. The molecule has 0 unspecified atom stereocenters. The van der Waals surface area contributed by atoms with Gasteiger partial charge in [0.15, 0.2) is 11.5 Å². The number of anilines is 1. The summed E-state index contributed by atoms with van der Waals surface area (Å²) in [6.07, 6.45) is 0. The van der Waals surface area contributed by atoms with Crippen molar-refractivity contribution in [2.24, 2.45) is 0 Å². The van der Waals surface area contributed by atoms with Gasteiger partial charge in [0.05, 0.1) is 13.2 Å². The fourth-order valence-electron chi connectivity index (χ4n) is 2.29. The predicted octanol–water partition coefficient (Wildman–Crippen LogP) is 2.64. The largest absolute Gasteiger partial charge is 0.476 e. The lowest BCUT2D eigenvalue weighted by Crippen LogP contribution is -2.36. The molecule has 3 rings (SSSR count). The average molecular weight is 353 g/mol. The minimum Gasteiger partial charge on any atom is -0.476 e. The van der Waals surface area contributed by atoms with Crippen molar-refractivity contribution in [2.75, 3.05) is 31.2 Å². The van der Waals surface area contributed by atoms with E-state index >= 15 is 0 Å². The van der Waals surface area contributed by atoms with E-state index in [-0.39, 0.29) is 5.69 Å². The molecule has 1 aliphatic rings. The summed E-state index contributed by atoms with van der Waals surface area (Å²) in [5.74, 6) is -0.664. The Morgan fingerprint density at radius 1 is 1.29 bits per heavy atom. The molecule has 0 saturated carbocycles. The molecular formula is C14H13BrN2O4. The maximum Gasteiger partial charge on any atom is 0.358 e. The molecule has 2 aromatic rings. The van der Waals surface area contributed by atoms with E-state index in [0.29, 0.717) is 19.0 Å². The zero-order valence-corrected chi connectivity index (χ0v) is 12.7. The van der Waals surface area contributed by atoms with Gasteiger partial charge in [0, 0.05) is 34.9 Å². The van der Waals surface area contributed by atoms with Gasteiger partial charge in [-0.1, -0.05) is 21.1 Å². The zero-order chi connectivity index (χ0) is 14.8. The molecule has 1 saturated heterocycles. The number of aromatic nitrogens is 1. The molecule has 0 bridgehead atoms. The number of morpholine rings is 1. The van der Waals surface area contributed by atoms with Crippen molar-refractivity contribution in [2.45, 2.75) is 0 Å². The second-order valence-electron chi connectivity index (χ2n) is 4.64. The third-order valence-electron chi connectivity index (χ3n) is 3.31. The van der Waals surface area contributed by atoms with Crippen LogP contribution in [-0.2, 0) is 4.74 Å². The van der Waals surface area contributed by atoms with Gasteiger partial charge in [0.25, 0.3) is 0 Å². The highest BCUT2D eigenvalue weighted by molar-refractivity contribution is 9.10. The highest BCUT2D eigenvalue weighted by Gasteiger charge is 2.20. The van der Waals surface area contributed by atoms with Gasteiger partial charge in [0.1, 0.15) is 0 Å². The molecule has 110 valence electrons. The Kier molecular flexibility index (Phi) is 3.94. The molecule has 6 nitrogen and oxygen atoms in total. The van der Waals surface area contributed by atoms with Crippen LogP contribution in [0, 0.1) is 0 Å². The van der Waals surface area contributed by atoms with Crippen molar-refractivity contribution >= 4 is 27.6 Å². The third kappa shape index (κ3) is 2.93. The van der Waals surface area contributed by atoms with Crippen LogP contribution in [0.25, 0.3) is 11.3 Å². The highest BCUT2D eigenvalue weighted by atomic mass is 79.9. The van der Waals surface area contributed by atoms with Gasteiger partial charge < -0.3 is 19.3 Å². The molecule has 0 radical (unpaired) electrons. The van der Waals surface area contributed by atoms with Crippen LogP contribution >= 0.6 is 15.9 Å². The highest BCUT2D eigenvalue weighted by Crippen LogP contribution is 2.34. The van der Waals surface area contributed by atoms with Gasteiger partial charge in [-0.3, -0.25) is 0 Å². The van der Waals surface area contributed by atoms with Crippen molar-refractivity contribution in [3.05, 3.63) is 34.4 Å². The number of carboxylic acid groups (broad SMARTS) is 1. The summed E-state index contributed by atoms with van der Waals surface area (Å²) in [5, 5.41) is 12.5. The number of halogens is 1. The molecule has 7 heteroatoms. The van der Waals surface area contributed by atoms with Crippen LogP contribution in [-0.4, -0.2) is 42.5 Å². The molecule has 0 atom stereocenters. The number of aromatic carboxylic acids is 1. The topological polar surface area (TPSA) is 75.8 Å². The minimum absolute atomic E-state index is 0.0992. The maximum absolute atomic E-state index is 10.9. The first-order chi connectivity index (χ1) is 10.1. The van der Waals surface area contributed by atoms with Crippen molar-refractivity contribution in [1.82, 2.24) is 5.16 Å². The summed E-state index contributed by atoms with van der Waals surface area (Å²) >= 11 is 3.43. The van der Waals surface area contributed by atoms with Gasteiger partial charge in [0.2, 0.25) is 0 Å². The third-order valence-corrected chi connectivity index (χ3v) is 3.80. The number of nitrogens with zero attached hydrogens (tertiary/aromatic N) is 2. The van der Waals surface area contributed by atoms with Crippen LogP contribution in [0.2, 0.25) is 0 Å². The first kappa shape index (κ1) is 14.1. The molecular weight excluding hydrogens is 340 g/mol. The van der Waals surface area contributed by atoms with E-state index in [1.807, 2.05) is 18.2 Å². The monoisotopic (exact) mass is 352 g/mol. The minimum atomic E-state index is -1.10. The smallest absolute Gasteiger partial charge is 0.358 e. The SMILES string of the molecule is O=C(O)c1cc(-c2cc(Br)ccc2N2CCOCC2)on1. The van der Waals surface area contributed by atoms with E-state index in [2.05, 4.69) is 26.0 Å². The number of carboxylic acids is 1. The number of rotatable bonds is 3. The lowest BCUT2D eigenvalue weighted by Gasteiger charge is -2.30. The van der Waals surface area contributed by atoms with Crippen molar-refractivity contribution in [3.8, 4) is 11.3 Å². The van der Waals surface area contributed by atoms with Gasteiger partial charge in [-0.25, -0.2) is 4.79 Å².